The molecule has 0 rings (SSSR count). The first-order valence-electron chi connectivity index (χ1n) is 2.36. The van der Waals surface area contributed by atoms with Crippen LogP contribution in [0.4, 0.5) is 0 Å². The Bertz CT molecular complexity index is 74.4. The molecule has 0 atom stereocenters. The molecule has 4 nitrogen and oxygen atoms in total. The molecule has 0 aromatic heterocycles. The first-order chi connectivity index (χ1) is 3.81. The maximum atomic E-state index is 10.2. The van der Waals surface area contributed by atoms with Crippen molar-refractivity contribution in [3.63, 3.8) is 0 Å². The van der Waals surface area contributed by atoms with E-state index in [1.165, 1.54) is 0 Å². The highest BCUT2D eigenvalue weighted by Crippen LogP contribution is 1.57. The Morgan fingerprint density at radius 1 is 1.62 bits per heavy atom. The van der Waals surface area contributed by atoms with Gasteiger partial charge in [-0.15, -0.1) is 0 Å². The number of hydrogen-bond acceptors (Lipinski definition) is 2. The van der Waals surface area contributed by atoms with Gasteiger partial charge in [0.1, 0.15) is 0 Å². The largest absolute Gasteiger partial charge is 0.353 e. The van der Waals surface area contributed by atoms with Gasteiger partial charge < -0.3 is 11.1 Å². The molecule has 0 saturated carbocycles. The molecule has 1 radical (unpaired) electrons. The molecule has 0 aliphatic heterocycles. The summed E-state index contributed by atoms with van der Waals surface area (Å²) in [5, 5.41) is 12.0. The molecule has 1 amide bonds. The second-order valence-electron chi connectivity index (χ2n) is 1.26. The van der Waals surface area contributed by atoms with Gasteiger partial charge in [-0.25, -0.2) is 5.11 Å². The van der Waals surface area contributed by atoms with Gasteiger partial charge in [0.05, 0.1) is 13.2 Å². The van der Waals surface area contributed by atoms with Crippen molar-refractivity contribution in [3.8, 4) is 0 Å². The molecule has 0 aromatic rings. The third-order valence-corrected chi connectivity index (χ3v) is 0.610. The fraction of sp³-hybridized carbons (Fsp3) is 0.750. The van der Waals surface area contributed by atoms with Crippen LogP contribution in [0.25, 0.3) is 0 Å². The van der Waals surface area contributed by atoms with E-state index >= 15 is 0 Å². The average molecular weight is 117 g/mol. The molecule has 0 unspecified atom stereocenters. The van der Waals surface area contributed by atoms with Crippen LogP contribution < -0.4 is 11.1 Å². The van der Waals surface area contributed by atoms with Crippen LogP contribution in [0.3, 0.4) is 0 Å². The van der Waals surface area contributed by atoms with Crippen LogP contribution in [0, 0.1) is 0 Å². The smallest absolute Gasteiger partial charge is 0.233 e. The molecule has 0 saturated heterocycles. The van der Waals surface area contributed by atoms with Crippen molar-refractivity contribution in [2.45, 2.75) is 0 Å². The van der Waals surface area contributed by atoms with E-state index in [0.717, 1.165) is 0 Å². The predicted molar refractivity (Wildman–Crippen MR) is 27.6 cm³/mol. The lowest BCUT2D eigenvalue weighted by molar-refractivity contribution is -0.119. The van der Waals surface area contributed by atoms with Gasteiger partial charge in [-0.1, -0.05) is 0 Å². The average Bonchev–Trinajstić information content (AvgIpc) is 1.83. The lowest BCUT2D eigenvalue weighted by Gasteiger charge is -1.95. The zero-order chi connectivity index (χ0) is 6.41. The Balaban J connectivity index is 2.99. The number of nitrogens with one attached hydrogen (secondary N) is 1. The Kier molecular flexibility index (Phi) is 4.20. The molecule has 0 bridgehead atoms. The summed E-state index contributed by atoms with van der Waals surface area (Å²) in [6, 6.07) is 0. The van der Waals surface area contributed by atoms with E-state index in [9.17, 15) is 9.90 Å². The summed E-state index contributed by atoms with van der Waals surface area (Å²) in [4.78, 5) is 10.2. The lowest BCUT2D eigenvalue weighted by Crippen LogP contribution is -2.31. The minimum Gasteiger partial charge on any atom is -0.353 e. The van der Waals surface area contributed by atoms with E-state index < -0.39 is 0 Å². The van der Waals surface area contributed by atoms with E-state index in [-0.39, 0.29) is 25.6 Å². The molecule has 3 N–H and O–H groups in total. The summed E-state index contributed by atoms with van der Waals surface area (Å²) >= 11 is 0. The zero-order valence-electron chi connectivity index (χ0n) is 4.52. The van der Waals surface area contributed by atoms with E-state index in [1.54, 1.807) is 0 Å². The van der Waals surface area contributed by atoms with Crippen LogP contribution in [0.2, 0.25) is 0 Å². The van der Waals surface area contributed by atoms with E-state index in [1.807, 2.05) is 0 Å². The van der Waals surface area contributed by atoms with Crippen molar-refractivity contribution in [1.29, 1.82) is 0 Å². The Labute approximate surface area is 47.7 Å². The summed E-state index contributed by atoms with van der Waals surface area (Å²) in [6.45, 7) is -0.151. The van der Waals surface area contributed by atoms with Gasteiger partial charge in [-0.3, -0.25) is 4.79 Å². The summed E-state index contributed by atoms with van der Waals surface area (Å²) in [5.41, 5.74) is 4.90. The van der Waals surface area contributed by atoms with Gasteiger partial charge in [0.25, 0.3) is 0 Å². The molecule has 47 valence electrons. The molecule has 0 fully saturated rings. The van der Waals surface area contributed by atoms with Gasteiger partial charge in [-0.2, -0.15) is 0 Å². The Morgan fingerprint density at radius 3 is 2.62 bits per heavy atom. The molecular formula is C4H9N2O2. The first kappa shape index (κ1) is 7.39. The predicted octanol–water partition coefficient (Wildman–Crippen LogP) is -1.51. The highest BCUT2D eigenvalue weighted by Gasteiger charge is 1.91. The summed E-state index contributed by atoms with van der Waals surface area (Å²) in [5.74, 6) is -0.277. The minimum atomic E-state index is -0.286. The van der Waals surface area contributed by atoms with Crippen molar-refractivity contribution in [2.75, 3.05) is 19.7 Å². The number of amides is 1. The fourth-order valence-electron chi connectivity index (χ4n) is 0.263. The van der Waals surface area contributed by atoms with Crippen molar-refractivity contribution >= 4 is 5.91 Å². The second-order valence-corrected chi connectivity index (χ2v) is 1.26. The zero-order valence-corrected chi connectivity index (χ0v) is 4.52. The third kappa shape index (κ3) is 3.58. The normalized spacial score (nSPS) is 8.75. The van der Waals surface area contributed by atoms with Crippen LogP contribution in [0.5, 0.6) is 0 Å². The lowest BCUT2D eigenvalue weighted by atomic mass is 10.6. The summed E-state index contributed by atoms with van der Waals surface area (Å²) < 4.78 is 0. The number of rotatable bonds is 3. The minimum absolute atomic E-state index is 0.0417. The van der Waals surface area contributed by atoms with Crippen molar-refractivity contribution in [3.05, 3.63) is 0 Å². The van der Waals surface area contributed by atoms with Crippen LogP contribution >= 0.6 is 0 Å². The molecule has 0 spiro atoms. The topological polar surface area (TPSA) is 75.0 Å². The van der Waals surface area contributed by atoms with Gasteiger partial charge in [0.15, 0.2) is 0 Å². The standard InChI is InChI=1S/C4H9N2O2/c5-3-4(8)6-1-2-7/h1-3,5H2,(H,6,8). The van der Waals surface area contributed by atoms with Gasteiger partial charge >= 0.3 is 0 Å². The SMILES string of the molecule is NCC(=O)NCC[O]. The van der Waals surface area contributed by atoms with E-state index in [4.69, 9.17) is 5.73 Å². The highest BCUT2D eigenvalue weighted by atomic mass is 16.3. The van der Waals surface area contributed by atoms with Crippen LogP contribution in [0.1, 0.15) is 0 Å². The number of hydrogen-bond donors (Lipinski definition) is 2. The molecular weight excluding hydrogens is 108 g/mol. The summed E-state index contributed by atoms with van der Waals surface area (Å²) in [7, 11) is 0. The van der Waals surface area contributed by atoms with Gasteiger partial charge in [0, 0.05) is 6.54 Å². The highest BCUT2D eigenvalue weighted by molar-refractivity contribution is 5.77. The van der Waals surface area contributed by atoms with Gasteiger partial charge in [0.2, 0.25) is 5.91 Å². The number of carbonyl (C=O) groups excluding carboxylic acids is 1. The number of carbonyl (C=O) groups is 1. The van der Waals surface area contributed by atoms with Crippen LogP contribution in [-0.2, 0) is 9.90 Å². The quantitative estimate of drug-likeness (QED) is 0.471. The van der Waals surface area contributed by atoms with Crippen LogP contribution in [-0.4, -0.2) is 25.6 Å². The van der Waals surface area contributed by atoms with Crippen molar-refractivity contribution < 1.29 is 9.90 Å². The monoisotopic (exact) mass is 117 g/mol. The molecule has 0 aliphatic rings. The maximum Gasteiger partial charge on any atom is 0.233 e. The Hall–Kier alpha value is -0.610. The maximum absolute atomic E-state index is 10.2. The molecule has 0 aliphatic carbocycles. The second kappa shape index (κ2) is 4.55. The third-order valence-electron chi connectivity index (χ3n) is 0.610. The molecule has 0 aromatic carbocycles. The Morgan fingerprint density at radius 2 is 2.25 bits per heavy atom. The fourth-order valence-corrected chi connectivity index (χ4v) is 0.263. The molecule has 8 heavy (non-hydrogen) atoms. The first-order valence-corrected chi connectivity index (χ1v) is 2.36. The number of nitrogens with two attached hydrogens (primary N) is 1. The molecule has 4 heteroatoms. The van der Waals surface area contributed by atoms with E-state index in [0.29, 0.717) is 0 Å². The van der Waals surface area contributed by atoms with Crippen molar-refractivity contribution in [2.24, 2.45) is 5.73 Å². The van der Waals surface area contributed by atoms with E-state index in [2.05, 4.69) is 5.32 Å². The summed E-state index contributed by atoms with van der Waals surface area (Å²) in [6.07, 6.45) is 0. The van der Waals surface area contributed by atoms with Crippen LogP contribution in [0.15, 0.2) is 0 Å². The van der Waals surface area contributed by atoms with Crippen molar-refractivity contribution in [1.82, 2.24) is 5.32 Å². The van der Waals surface area contributed by atoms with Gasteiger partial charge in [-0.05, 0) is 0 Å². The molecule has 0 heterocycles.